The van der Waals surface area contributed by atoms with Gasteiger partial charge in [-0.15, -0.1) is 0 Å². The summed E-state index contributed by atoms with van der Waals surface area (Å²) >= 11 is 0. The van der Waals surface area contributed by atoms with E-state index in [0.717, 1.165) is 19.3 Å². The van der Waals surface area contributed by atoms with Gasteiger partial charge in [-0.05, 0) is 24.0 Å². The molecule has 0 aromatic heterocycles. The van der Waals surface area contributed by atoms with Crippen LogP contribution in [0.15, 0.2) is 24.3 Å². The monoisotopic (exact) mass is 188 g/mol. The van der Waals surface area contributed by atoms with Gasteiger partial charge in [0.2, 0.25) is 0 Å². The third-order valence-electron chi connectivity index (χ3n) is 3.45. The summed E-state index contributed by atoms with van der Waals surface area (Å²) in [4.78, 5) is 2.56. The van der Waals surface area contributed by atoms with Crippen molar-refractivity contribution >= 4 is 0 Å². The van der Waals surface area contributed by atoms with Crippen LogP contribution in [0.5, 0.6) is 0 Å². The molecule has 2 heterocycles. The van der Waals surface area contributed by atoms with Gasteiger partial charge in [-0.2, -0.15) is 0 Å². The normalized spacial score (nSPS) is 26.7. The van der Waals surface area contributed by atoms with Crippen LogP contribution in [0.3, 0.4) is 0 Å². The maximum atomic E-state index is 3.45. The van der Waals surface area contributed by atoms with Gasteiger partial charge in [0.25, 0.3) is 0 Å². The molecule has 0 radical (unpaired) electrons. The summed E-state index contributed by atoms with van der Waals surface area (Å²) in [6, 6.07) is 9.64. The average Bonchev–Trinajstić information content (AvgIpc) is 2.58. The van der Waals surface area contributed by atoms with Gasteiger partial charge in [-0.1, -0.05) is 24.3 Å². The predicted octanol–water partition coefficient (Wildman–Crippen LogP) is 1.36. The zero-order valence-corrected chi connectivity index (χ0v) is 8.37. The van der Waals surface area contributed by atoms with Crippen molar-refractivity contribution in [2.45, 2.75) is 25.4 Å². The number of hydrogen-bond donors (Lipinski definition) is 1. The van der Waals surface area contributed by atoms with Crippen molar-refractivity contribution in [1.29, 1.82) is 0 Å². The molecule has 1 N–H and O–H groups in total. The van der Waals surface area contributed by atoms with Gasteiger partial charge in [0.05, 0.1) is 0 Å². The molecule has 0 bridgehead atoms. The molecule has 2 aliphatic heterocycles. The fraction of sp³-hybridized carbons (Fsp3) is 0.500. The second-order valence-electron chi connectivity index (χ2n) is 4.32. The molecule has 1 saturated heterocycles. The molecular formula is C12H16N2. The Kier molecular flexibility index (Phi) is 2.03. The summed E-state index contributed by atoms with van der Waals surface area (Å²) in [5.41, 5.74) is 3.08. The largest absolute Gasteiger partial charge is 0.303 e. The Bertz CT molecular complexity index is 335. The Labute approximate surface area is 84.9 Å². The highest BCUT2D eigenvalue weighted by atomic mass is 15.3. The van der Waals surface area contributed by atoms with Crippen LogP contribution in [-0.4, -0.2) is 24.2 Å². The van der Waals surface area contributed by atoms with Crippen molar-refractivity contribution in [3.8, 4) is 0 Å². The second kappa shape index (κ2) is 3.37. The molecule has 0 spiro atoms. The van der Waals surface area contributed by atoms with E-state index in [9.17, 15) is 0 Å². The molecule has 3 rings (SSSR count). The fourth-order valence-electron chi connectivity index (χ4n) is 2.60. The first-order valence-electron chi connectivity index (χ1n) is 5.45. The number of benzene rings is 1. The van der Waals surface area contributed by atoms with Crippen LogP contribution >= 0.6 is 0 Å². The van der Waals surface area contributed by atoms with Crippen LogP contribution in [0.2, 0.25) is 0 Å². The molecule has 0 amide bonds. The van der Waals surface area contributed by atoms with Crippen LogP contribution < -0.4 is 5.32 Å². The van der Waals surface area contributed by atoms with E-state index in [4.69, 9.17) is 0 Å². The zero-order chi connectivity index (χ0) is 9.38. The molecule has 1 atom stereocenters. The van der Waals surface area contributed by atoms with Crippen molar-refractivity contribution in [3.05, 3.63) is 35.4 Å². The van der Waals surface area contributed by atoms with E-state index >= 15 is 0 Å². The third kappa shape index (κ3) is 1.35. The van der Waals surface area contributed by atoms with Gasteiger partial charge < -0.3 is 5.32 Å². The first kappa shape index (κ1) is 8.45. The number of fused-ring (bicyclic) bond motifs is 2. The summed E-state index contributed by atoms with van der Waals surface area (Å²) in [6.45, 7) is 3.38. The van der Waals surface area contributed by atoms with Gasteiger partial charge in [-0.3, -0.25) is 4.90 Å². The molecule has 2 aliphatic rings. The van der Waals surface area contributed by atoms with Crippen LogP contribution in [0.25, 0.3) is 0 Å². The first-order chi connectivity index (χ1) is 6.93. The minimum atomic E-state index is 0.766. The highest BCUT2D eigenvalue weighted by Gasteiger charge is 2.26. The SMILES string of the molecule is c1ccc2c(c1)CCC1CNCN1C2. The maximum Gasteiger partial charge on any atom is 0.0487 e. The molecule has 74 valence electrons. The van der Waals surface area contributed by atoms with Crippen LogP contribution in [0.1, 0.15) is 17.5 Å². The smallest absolute Gasteiger partial charge is 0.0487 e. The molecule has 2 heteroatoms. The molecule has 1 aromatic carbocycles. The molecule has 1 aromatic rings. The van der Waals surface area contributed by atoms with Crippen molar-refractivity contribution < 1.29 is 0 Å². The summed E-state index contributed by atoms with van der Waals surface area (Å²) in [5, 5.41) is 3.45. The van der Waals surface area contributed by atoms with Crippen molar-refractivity contribution in [3.63, 3.8) is 0 Å². The second-order valence-corrected chi connectivity index (χ2v) is 4.32. The van der Waals surface area contributed by atoms with Gasteiger partial charge in [-0.25, -0.2) is 0 Å². The van der Waals surface area contributed by atoms with E-state index in [1.807, 2.05) is 0 Å². The Hall–Kier alpha value is -0.860. The fourth-order valence-corrected chi connectivity index (χ4v) is 2.60. The van der Waals surface area contributed by atoms with Crippen LogP contribution in [0.4, 0.5) is 0 Å². The Balaban J connectivity index is 1.93. The first-order valence-corrected chi connectivity index (χ1v) is 5.45. The van der Waals surface area contributed by atoms with Gasteiger partial charge >= 0.3 is 0 Å². The highest BCUT2D eigenvalue weighted by molar-refractivity contribution is 5.28. The van der Waals surface area contributed by atoms with Crippen molar-refractivity contribution in [2.75, 3.05) is 13.2 Å². The average molecular weight is 188 g/mol. The number of rotatable bonds is 0. The molecule has 0 saturated carbocycles. The highest BCUT2D eigenvalue weighted by Crippen LogP contribution is 2.23. The standard InChI is InChI=1S/C12H16N2/c1-2-4-11-8-14-9-13-7-12(14)6-5-10(11)3-1/h1-4,12-13H,5-9H2. The van der Waals surface area contributed by atoms with E-state index in [2.05, 4.69) is 34.5 Å². The van der Waals surface area contributed by atoms with E-state index in [1.165, 1.54) is 24.9 Å². The van der Waals surface area contributed by atoms with Crippen LogP contribution in [0, 0.1) is 0 Å². The molecular weight excluding hydrogens is 172 g/mol. The Morgan fingerprint density at radius 2 is 2.07 bits per heavy atom. The summed E-state index contributed by atoms with van der Waals surface area (Å²) in [7, 11) is 0. The number of nitrogens with zero attached hydrogens (tertiary/aromatic N) is 1. The molecule has 14 heavy (non-hydrogen) atoms. The quantitative estimate of drug-likeness (QED) is 0.661. The Morgan fingerprint density at radius 1 is 1.21 bits per heavy atom. The van der Waals surface area contributed by atoms with Gasteiger partial charge in [0, 0.05) is 25.8 Å². The number of aryl methyl sites for hydroxylation is 1. The number of nitrogens with one attached hydrogen (secondary N) is 1. The zero-order valence-electron chi connectivity index (χ0n) is 8.37. The molecule has 0 aliphatic carbocycles. The van der Waals surface area contributed by atoms with Crippen molar-refractivity contribution in [1.82, 2.24) is 10.2 Å². The molecule has 1 unspecified atom stereocenters. The minimum absolute atomic E-state index is 0.766. The maximum absolute atomic E-state index is 3.45. The van der Waals surface area contributed by atoms with Gasteiger partial charge in [0.15, 0.2) is 0 Å². The lowest BCUT2D eigenvalue weighted by Crippen LogP contribution is -2.28. The van der Waals surface area contributed by atoms with Gasteiger partial charge in [0.1, 0.15) is 0 Å². The summed E-state index contributed by atoms with van der Waals surface area (Å²) in [6.07, 6.45) is 2.56. The third-order valence-corrected chi connectivity index (χ3v) is 3.45. The number of hydrogen-bond acceptors (Lipinski definition) is 2. The topological polar surface area (TPSA) is 15.3 Å². The predicted molar refractivity (Wildman–Crippen MR) is 57.0 cm³/mol. The summed E-state index contributed by atoms with van der Waals surface area (Å²) in [5.74, 6) is 0. The molecule has 2 nitrogen and oxygen atoms in total. The summed E-state index contributed by atoms with van der Waals surface area (Å²) < 4.78 is 0. The lowest BCUT2D eigenvalue weighted by molar-refractivity contribution is 0.247. The van der Waals surface area contributed by atoms with E-state index in [1.54, 1.807) is 5.56 Å². The van der Waals surface area contributed by atoms with E-state index < -0.39 is 0 Å². The van der Waals surface area contributed by atoms with Crippen LogP contribution in [-0.2, 0) is 13.0 Å². The van der Waals surface area contributed by atoms with E-state index in [-0.39, 0.29) is 0 Å². The Morgan fingerprint density at radius 3 is 3.00 bits per heavy atom. The lowest BCUT2D eigenvalue weighted by atomic mass is 10.0. The lowest BCUT2D eigenvalue weighted by Gasteiger charge is -2.19. The minimum Gasteiger partial charge on any atom is -0.303 e. The molecule has 1 fully saturated rings. The van der Waals surface area contributed by atoms with E-state index in [0.29, 0.717) is 0 Å². The van der Waals surface area contributed by atoms with Crippen molar-refractivity contribution in [2.24, 2.45) is 0 Å².